The average Bonchev–Trinajstić information content (AvgIpc) is 2.46. The van der Waals surface area contributed by atoms with E-state index in [1.165, 1.54) is 6.07 Å². The lowest BCUT2D eigenvalue weighted by molar-refractivity contribution is 0.190. The molecule has 1 atom stereocenters. The number of nitriles is 1. The molecular formula is C16H17N3O2. The van der Waals surface area contributed by atoms with Gasteiger partial charge in [-0.25, -0.2) is 0 Å². The van der Waals surface area contributed by atoms with Gasteiger partial charge in [0.2, 0.25) is 0 Å². The Balaban J connectivity index is 2.27. The van der Waals surface area contributed by atoms with Crippen LogP contribution in [0.1, 0.15) is 29.7 Å². The summed E-state index contributed by atoms with van der Waals surface area (Å²) in [6.45, 7) is 1.90. The number of nitrogen functional groups attached to an aromatic ring is 2. The lowest BCUT2D eigenvalue weighted by atomic mass is 10.0. The van der Waals surface area contributed by atoms with Crippen LogP contribution in [0.4, 0.5) is 11.4 Å². The third-order valence-electron chi connectivity index (χ3n) is 3.09. The van der Waals surface area contributed by atoms with Crippen LogP contribution in [0.15, 0.2) is 36.4 Å². The molecule has 0 radical (unpaired) electrons. The number of hydrogen-bond donors (Lipinski definition) is 3. The Morgan fingerprint density at radius 3 is 2.48 bits per heavy atom. The van der Waals surface area contributed by atoms with Gasteiger partial charge in [-0.15, -0.1) is 0 Å². The van der Waals surface area contributed by atoms with Crippen LogP contribution < -0.4 is 16.2 Å². The third kappa shape index (κ3) is 3.44. The number of hydrogen-bond acceptors (Lipinski definition) is 5. The van der Waals surface area contributed by atoms with Gasteiger partial charge in [-0.2, -0.15) is 5.26 Å². The Bertz CT molecular complexity index is 673. The van der Waals surface area contributed by atoms with Crippen molar-refractivity contribution in [3.8, 4) is 11.8 Å². The first-order valence-corrected chi connectivity index (χ1v) is 6.50. The van der Waals surface area contributed by atoms with Crippen LogP contribution in [-0.4, -0.2) is 5.11 Å². The van der Waals surface area contributed by atoms with Gasteiger partial charge in [-0.1, -0.05) is 12.1 Å². The molecule has 0 spiro atoms. The van der Waals surface area contributed by atoms with E-state index >= 15 is 0 Å². The second kappa shape index (κ2) is 6.16. The molecule has 0 aliphatic heterocycles. The molecule has 2 aromatic rings. The van der Waals surface area contributed by atoms with Crippen LogP contribution in [0.5, 0.6) is 5.75 Å². The standard InChI is InChI=1S/C16H17N3O2/c1-10(20)14-6-12(8-17)7-15(19)16(14)21-9-11-2-4-13(18)5-3-11/h2-7,10,20H,9,18-19H2,1H3. The Hall–Kier alpha value is -2.71. The van der Waals surface area contributed by atoms with Crippen molar-refractivity contribution in [2.45, 2.75) is 19.6 Å². The van der Waals surface area contributed by atoms with E-state index in [0.717, 1.165) is 5.56 Å². The second-order valence-electron chi connectivity index (χ2n) is 4.80. The normalized spacial score (nSPS) is 11.7. The van der Waals surface area contributed by atoms with Crippen LogP contribution in [0, 0.1) is 11.3 Å². The highest BCUT2D eigenvalue weighted by Crippen LogP contribution is 2.33. The molecule has 0 aromatic heterocycles. The number of nitrogens with zero attached hydrogens (tertiary/aromatic N) is 1. The van der Waals surface area contributed by atoms with E-state index in [4.69, 9.17) is 21.5 Å². The van der Waals surface area contributed by atoms with Crippen molar-refractivity contribution < 1.29 is 9.84 Å². The molecule has 0 saturated heterocycles. The molecule has 0 aliphatic rings. The molecular weight excluding hydrogens is 266 g/mol. The highest BCUT2D eigenvalue weighted by Gasteiger charge is 2.14. The van der Waals surface area contributed by atoms with Crippen LogP contribution in [0.25, 0.3) is 0 Å². The summed E-state index contributed by atoms with van der Waals surface area (Å²) in [4.78, 5) is 0. The summed E-state index contributed by atoms with van der Waals surface area (Å²) >= 11 is 0. The van der Waals surface area contributed by atoms with Crippen LogP contribution in [-0.2, 0) is 6.61 Å². The molecule has 0 fully saturated rings. The molecule has 108 valence electrons. The lowest BCUT2D eigenvalue weighted by Gasteiger charge is -2.16. The summed E-state index contributed by atoms with van der Waals surface area (Å²) in [7, 11) is 0. The second-order valence-corrected chi connectivity index (χ2v) is 4.80. The average molecular weight is 283 g/mol. The zero-order chi connectivity index (χ0) is 15.4. The van der Waals surface area contributed by atoms with Gasteiger partial charge in [0.1, 0.15) is 12.4 Å². The molecule has 5 heteroatoms. The van der Waals surface area contributed by atoms with Gasteiger partial charge in [0.25, 0.3) is 0 Å². The highest BCUT2D eigenvalue weighted by atomic mass is 16.5. The van der Waals surface area contributed by atoms with Crippen LogP contribution in [0.3, 0.4) is 0 Å². The maximum atomic E-state index is 9.82. The number of aliphatic hydroxyl groups is 1. The molecule has 1 unspecified atom stereocenters. The molecule has 0 bridgehead atoms. The molecule has 21 heavy (non-hydrogen) atoms. The molecule has 0 aliphatic carbocycles. The molecule has 5 N–H and O–H groups in total. The van der Waals surface area contributed by atoms with Crippen molar-refractivity contribution in [1.29, 1.82) is 5.26 Å². The Labute approximate surface area is 123 Å². The summed E-state index contributed by atoms with van der Waals surface area (Å²) in [5.41, 5.74) is 14.4. The summed E-state index contributed by atoms with van der Waals surface area (Å²) in [6, 6.07) is 12.4. The molecule has 2 rings (SSSR count). The summed E-state index contributed by atoms with van der Waals surface area (Å²) in [6.07, 6.45) is -0.776. The molecule has 5 nitrogen and oxygen atoms in total. The van der Waals surface area contributed by atoms with Gasteiger partial charge in [0, 0.05) is 11.3 Å². The maximum Gasteiger partial charge on any atom is 0.148 e. The molecule has 0 amide bonds. The SMILES string of the molecule is CC(O)c1cc(C#N)cc(N)c1OCc1ccc(N)cc1. The minimum absolute atomic E-state index is 0.302. The Morgan fingerprint density at radius 2 is 1.90 bits per heavy atom. The van der Waals surface area contributed by atoms with Gasteiger partial charge < -0.3 is 21.3 Å². The predicted octanol–water partition coefficient (Wildman–Crippen LogP) is 2.35. The maximum absolute atomic E-state index is 9.82. The first-order chi connectivity index (χ1) is 10.0. The van der Waals surface area contributed by atoms with Gasteiger partial charge in [0.05, 0.1) is 23.4 Å². The van der Waals surface area contributed by atoms with Crippen molar-refractivity contribution in [3.05, 3.63) is 53.1 Å². The minimum Gasteiger partial charge on any atom is -0.486 e. The smallest absolute Gasteiger partial charge is 0.148 e. The van der Waals surface area contributed by atoms with Crippen molar-refractivity contribution in [2.24, 2.45) is 0 Å². The van der Waals surface area contributed by atoms with E-state index in [2.05, 4.69) is 0 Å². The zero-order valence-electron chi connectivity index (χ0n) is 11.7. The lowest BCUT2D eigenvalue weighted by Crippen LogP contribution is -2.05. The van der Waals surface area contributed by atoms with E-state index in [9.17, 15) is 5.11 Å². The third-order valence-corrected chi connectivity index (χ3v) is 3.09. The number of ether oxygens (including phenoxy) is 1. The van der Waals surface area contributed by atoms with Crippen LogP contribution in [0.2, 0.25) is 0 Å². The highest BCUT2D eigenvalue weighted by molar-refractivity contribution is 5.61. The van der Waals surface area contributed by atoms with Crippen molar-refractivity contribution in [1.82, 2.24) is 0 Å². The summed E-state index contributed by atoms with van der Waals surface area (Å²) in [5, 5.41) is 18.8. The predicted molar refractivity (Wildman–Crippen MR) is 81.4 cm³/mol. The molecule has 2 aromatic carbocycles. The summed E-state index contributed by atoms with van der Waals surface area (Å²) < 4.78 is 5.72. The van der Waals surface area contributed by atoms with E-state index in [1.807, 2.05) is 18.2 Å². The fourth-order valence-corrected chi connectivity index (χ4v) is 1.99. The number of benzene rings is 2. The van der Waals surface area contributed by atoms with Crippen molar-refractivity contribution in [2.75, 3.05) is 11.5 Å². The quantitative estimate of drug-likeness (QED) is 0.747. The zero-order valence-corrected chi connectivity index (χ0v) is 11.7. The monoisotopic (exact) mass is 283 g/mol. The topological polar surface area (TPSA) is 105 Å². The van der Waals surface area contributed by atoms with E-state index in [-0.39, 0.29) is 0 Å². The van der Waals surface area contributed by atoms with Crippen LogP contribution >= 0.6 is 0 Å². The number of rotatable bonds is 4. The van der Waals surface area contributed by atoms with Gasteiger partial charge >= 0.3 is 0 Å². The van der Waals surface area contributed by atoms with Gasteiger partial charge in [-0.3, -0.25) is 0 Å². The number of nitrogens with two attached hydrogens (primary N) is 2. The number of anilines is 2. The first kappa shape index (κ1) is 14.7. The Kier molecular flexibility index (Phi) is 4.31. The fraction of sp³-hybridized carbons (Fsp3) is 0.188. The summed E-state index contributed by atoms with van der Waals surface area (Å²) in [5.74, 6) is 0.404. The van der Waals surface area contributed by atoms with Crippen molar-refractivity contribution in [3.63, 3.8) is 0 Å². The van der Waals surface area contributed by atoms with E-state index in [0.29, 0.717) is 34.9 Å². The van der Waals surface area contributed by atoms with Gasteiger partial charge in [-0.05, 0) is 36.8 Å². The molecule has 0 heterocycles. The van der Waals surface area contributed by atoms with E-state index < -0.39 is 6.10 Å². The number of aliphatic hydroxyl groups excluding tert-OH is 1. The Morgan fingerprint density at radius 1 is 1.24 bits per heavy atom. The van der Waals surface area contributed by atoms with Gasteiger partial charge in [0.15, 0.2) is 0 Å². The largest absolute Gasteiger partial charge is 0.486 e. The van der Waals surface area contributed by atoms with Crippen molar-refractivity contribution >= 4 is 11.4 Å². The molecule has 0 saturated carbocycles. The van der Waals surface area contributed by atoms with E-state index in [1.54, 1.807) is 25.1 Å². The fourth-order valence-electron chi connectivity index (χ4n) is 1.99. The minimum atomic E-state index is -0.776. The first-order valence-electron chi connectivity index (χ1n) is 6.50.